The first-order valence-electron chi connectivity index (χ1n) is 6.11. The van der Waals surface area contributed by atoms with Crippen molar-refractivity contribution in [3.63, 3.8) is 0 Å². The summed E-state index contributed by atoms with van der Waals surface area (Å²) >= 11 is 0. The van der Waals surface area contributed by atoms with Crippen LogP contribution in [0.1, 0.15) is 30.9 Å². The summed E-state index contributed by atoms with van der Waals surface area (Å²) in [5.41, 5.74) is 2.77. The summed E-state index contributed by atoms with van der Waals surface area (Å²) in [6, 6.07) is 5.13. The molecular formula is C14H20FN. The van der Waals surface area contributed by atoms with E-state index in [0.717, 1.165) is 19.5 Å². The largest absolute Gasteiger partial charge is 0.316 e. The Morgan fingerprint density at radius 1 is 1.38 bits per heavy atom. The van der Waals surface area contributed by atoms with Gasteiger partial charge in [0, 0.05) is 13.1 Å². The summed E-state index contributed by atoms with van der Waals surface area (Å²) < 4.78 is 13.2. The van der Waals surface area contributed by atoms with Crippen molar-refractivity contribution in [2.24, 2.45) is 5.41 Å². The van der Waals surface area contributed by atoms with E-state index in [1.807, 2.05) is 6.07 Å². The molecule has 1 aromatic carbocycles. The molecular weight excluding hydrogens is 201 g/mol. The van der Waals surface area contributed by atoms with Gasteiger partial charge in [-0.25, -0.2) is 4.39 Å². The van der Waals surface area contributed by atoms with E-state index in [4.69, 9.17) is 0 Å². The lowest BCUT2D eigenvalue weighted by molar-refractivity contribution is 0.150. The number of hydrogen-bond acceptors (Lipinski definition) is 1. The molecule has 0 bridgehead atoms. The van der Waals surface area contributed by atoms with Crippen molar-refractivity contribution in [2.45, 2.75) is 33.1 Å². The molecule has 2 heteroatoms. The van der Waals surface area contributed by atoms with Gasteiger partial charge in [-0.1, -0.05) is 19.4 Å². The fraction of sp³-hybridized carbons (Fsp3) is 0.571. The Labute approximate surface area is 97.1 Å². The van der Waals surface area contributed by atoms with Crippen molar-refractivity contribution >= 4 is 0 Å². The van der Waals surface area contributed by atoms with Crippen LogP contribution in [0.2, 0.25) is 0 Å². The van der Waals surface area contributed by atoms with Gasteiger partial charge in [-0.15, -0.1) is 0 Å². The van der Waals surface area contributed by atoms with E-state index < -0.39 is 0 Å². The summed E-state index contributed by atoms with van der Waals surface area (Å²) in [5, 5.41) is 3.35. The van der Waals surface area contributed by atoms with E-state index in [2.05, 4.69) is 19.2 Å². The zero-order valence-electron chi connectivity index (χ0n) is 10.1. The van der Waals surface area contributed by atoms with Crippen molar-refractivity contribution in [1.82, 2.24) is 5.32 Å². The third-order valence-electron chi connectivity index (χ3n) is 3.66. The summed E-state index contributed by atoms with van der Waals surface area (Å²) in [7, 11) is 0. The van der Waals surface area contributed by atoms with E-state index in [1.165, 1.54) is 24.0 Å². The Hall–Kier alpha value is -0.890. The van der Waals surface area contributed by atoms with Gasteiger partial charge in [-0.2, -0.15) is 0 Å². The highest BCUT2D eigenvalue weighted by Crippen LogP contribution is 2.33. The molecule has 1 heterocycles. The molecule has 1 fully saturated rings. The monoisotopic (exact) mass is 221 g/mol. The lowest BCUT2D eigenvalue weighted by atomic mass is 9.72. The maximum absolute atomic E-state index is 13.2. The predicted molar refractivity (Wildman–Crippen MR) is 65.1 cm³/mol. The third kappa shape index (κ3) is 2.27. The van der Waals surface area contributed by atoms with Crippen LogP contribution in [0.15, 0.2) is 18.2 Å². The molecule has 16 heavy (non-hydrogen) atoms. The van der Waals surface area contributed by atoms with Crippen LogP contribution in [-0.2, 0) is 6.42 Å². The minimum atomic E-state index is -0.112. The van der Waals surface area contributed by atoms with E-state index >= 15 is 0 Å². The molecule has 1 aromatic rings. The minimum absolute atomic E-state index is 0.112. The fourth-order valence-corrected chi connectivity index (χ4v) is 2.63. The van der Waals surface area contributed by atoms with Crippen LogP contribution in [-0.4, -0.2) is 13.1 Å². The van der Waals surface area contributed by atoms with Gasteiger partial charge in [-0.05, 0) is 48.4 Å². The zero-order valence-corrected chi connectivity index (χ0v) is 10.1. The first-order valence-corrected chi connectivity index (χ1v) is 6.11. The predicted octanol–water partition coefficient (Wildman–Crippen LogP) is 3.07. The van der Waals surface area contributed by atoms with Crippen LogP contribution in [0.5, 0.6) is 0 Å². The van der Waals surface area contributed by atoms with Gasteiger partial charge >= 0.3 is 0 Å². The zero-order chi connectivity index (χ0) is 11.6. The standard InChI is InChI=1S/C14H20FN/c1-3-6-14(9-16-10-14)8-12-7-13(15)5-4-11(12)2/h4-5,7,16H,3,6,8-10H2,1-2H3. The highest BCUT2D eigenvalue weighted by atomic mass is 19.1. The smallest absolute Gasteiger partial charge is 0.123 e. The second-order valence-electron chi connectivity index (χ2n) is 5.10. The second kappa shape index (κ2) is 4.54. The van der Waals surface area contributed by atoms with Crippen molar-refractivity contribution in [3.8, 4) is 0 Å². The molecule has 0 unspecified atom stereocenters. The molecule has 1 nitrogen and oxygen atoms in total. The molecule has 0 saturated carbocycles. The van der Waals surface area contributed by atoms with Gasteiger partial charge in [0.05, 0.1) is 0 Å². The Balaban J connectivity index is 2.15. The summed E-state index contributed by atoms with van der Waals surface area (Å²) in [4.78, 5) is 0. The van der Waals surface area contributed by atoms with Gasteiger partial charge in [0.25, 0.3) is 0 Å². The molecule has 1 aliphatic heterocycles. The first-order chi connectivity index (χ1) is 7.65. The molecule has 0 radical (unpaired) electrons. The molecule has 1 N–H and O–H groups in total. The van der Waals surface area contributed by atoms with Crippen LogP contribution in [0.3, 0.4) is 0 Å². The van der Waals surface area contributed by atoms with Crippen molar-refractivity contribution in [2.75, 3.05) is 13.1 Å². The normalized spacial score (nSPS) is 18.2. The SMILES string of the molecule is CCCC1(Cc2cc(F)ccc2C)CNC1. The molecule has 88 valence electrons. The van der Waals surface area contributed by atoms with E-state index in [9.17, 15) is 4.39 Å². The first kappa shape index (κ1) is 11.6. The highest BCUT2D eigenvalue weighted by molar-refractivity contribution is 5.28. The number of rotatable bonds is 4. The van der Waals surface area contributed by atoms with Crippen LogP contribution < -0.4 is 5.32 Å². The Kier molecular flexibility index (Phi) is 3.29. The maximum Gasteiger partial charge on any atom is 0.123 e. The second-order valence-corrected chi connectivity index (χ2v) is 5.10. The van der Waals surface area contributed by atoms with Gasteiger partial charge < -0.3 is 5.32 Å². The van der Waals surface area contributed by atoms with E-state index in [0.29, 0.717) is 5.41 Å². The topological polar surface area (TPSA) is 12.0 Å². The number of hydrogen-bond donors (Lipinski definition) is 1. The van der Waals surface area contributed by atoms with Crippen LogP contribution >= 0.6 is 0 Å². The lowest BCUT2D eigenvalue weighted by Crippen LogP contribution is -2.54. The minimum Gasteiger partial charge on any atom is -0.316 e. The quantitative estimate of drug-likeness (QED) is 0.824. The molecule has 0 aliphatic carbocycles. The molecule has 2 rings (SSSR count). The number of halogens is 1. The lowest BCUT2D eigenvalue weighted by Gasteiger charge is -2.43. The van der Waals surface area contributed by atoms with Crippen LogP contribution in [0.4, 0.5) is 4.39 Å². The molecule has 0 aromatic heterocycles. The van der Waals surface area contributed by atoms with Crippen molar-refractivity contribution in [3.05, 3.63) is 35.1 Å². The third-order valence-corrected chi connectivity index (χ3v) is 3.66. The van der Waals surface area contributed by atoms with Gasteiger partial charge in [0.15, 0.2) is 0 Å². The molecule has 0 spiro atoms. The van der Waals surface area contributed by atoms with Crippen molar-refractivity contribution < 1.29 is 4.39 Å². The average Bonchev–Trinajstić information content (AvgIpc) is 2.20. The van der Waals surface area contributed by atoms with Crippen molar-refractivity contribution in [1.29, 1.82) is 0 Å². The Morgan fingerprint density at radius 3 is 2.69 bits per heavy atom. The number of benzene rings is 1. The van der Waals surface area contributed by atoms with Crippen LogP contribution in [0, 0.1) is 18.2 Å². The molecule has 0 atom stereocenters. The number of aryl methyl sites for hydroxylation is 1. The molecule has 0 amide bonds. The summed E-state index contributed by atoms with van der Waals surface area (Å²) in [5.74, 6) is -0.112. The Bertz CT molecular complexity index is 369. The molecule has 1 aliphatic rings. The summed E-state index contributed by atoms with van der Waals surface area (Å²) in [6.07, 6.45) is 3.45. The fourth-order valence-electron chi connectivity index (χ4n) is 2.63. The highest BCUT2D eigenvalue weighted by Gasteiger charge is 2.36. The molecule has 1 saturated heterocycles. The average molecular weight is 221 g/mol. The van der Waals surface area contributed by atoms with Crippen LogP contribution in [0.25, 0.3) is 0 Å². The van der Waals surface area contributed by atoms with Gasteiger partial charge in [0.1, 0.15) is 5.82 Å². The number of nitrogens with one attached hydrogen (secondary N) is 1. The van der Waals surface area contributed by atoms with Gasteiger partial charge in [0.2, 0.25) is 0 Å². The Morgan fingerprint density at radius 2 is 2.12 bits per heavy atom. The maximum atomic E-state index is 13.2. The van der Waals surface area contributed by atoms with Gasteiger partial charge in [-0.3, -0.25) is 0 Å². The summed E-state index contributed by atoms with van der Waals surface area (Å²) in [6.45, 7) is 6.45. The van der Waals surface area contributed by atoms with E-state index in [-0.39, 0.29) is 5.82 Å². The van der Waals surface area contributed by atoms with E-state index in [1.54, 1.807) is 12.1 Å².